The van der Waals surface area contributed by atoms with Gasteiger partial charge in [0.1, 0.15) is 6.04 Å². The number of hydrogen-bond acceptors (Lipinski definition) is 3. The minimum absolute atomic E-state index is 0.355. The third kappa shape index (κ3) is 3.66. The van der Waals surface area contributed by atoms with Crippen molar-refractivity contribution in [2.24, 2.45) is 5.73 Å². The number of primary amides is 1. The van der Waals surface area contributed by atoms with E-state index in [1.165, 1.54) is 11.8 Å². The van der Waals surface area contributed by atoms with E-state index in [1.54, 1.807) is 30.3 Å². The lowest BCUT2D eigenvalue weighted by atomic mass is 10.1. The molecule has 0 saturated heterocycles. The van der Waals surface area contributed by atoms with Crippen LogP contribution in [0.5, 0.6) is 0 Å². The number of nitrogens with two attached hydrogens (primary N) is 1. The van der Waals surface area contributed by atoms with E-state index in [1.807, 2.05) is 6.26 Å². The number of nitrogens with zero attached hydrogens (tertiary/aromatic N) is 1. The van der Waals surface area contributed by atoms with E-state index in [0.717, 1.165) is 4.90 Å². The van der Waals surface area contributed by atoms with Crippen molar-refractivity contribution in [3.8, 4) is 0 Å². The molecule has 0 unspecified atom stereocenters. The molecule has 1 rings (SSSR count). The van der Waals surface area contributed by atoms with Crippen molar-refractivity contribution < 1.29 is 14.7 Å². The predicted molar refractivity (Wildman–Crippen MR) is 72.9 cm³/mol. The van der Waals surface area contributed by atoms with Gasteiger partial charge >= 0.3 is 12.0 Å². The van der Waals surface area contributed by atoms with Crippen LogP contribution in [-0.4, -0.2) is 35.2 Å². The monoisotopic (exact) mass is 268 g/mol. The Morgan fingerprint density at radius 2 is 2.00 bits per heavy atom. The first-order valence-corrected chi connectivity index (χ1v) is 6.82. The Morgan fingerprint density at radius 1 is 1.39 bits per heavy atom. The molecule has 6 heteroatoms. The van der Waals surface area contributed by atoms with Crippen molar-refractivity contribution in [1.82, 2.24) is 0 Å². The van der Waals surface area contributed by atoms with Crippen molar-refractivity contribution >= 4 is 29.4 Å². The van der Waals surface area contributed by atoms with Crippen molar-refractivity contribution in [3.63, 3.8) is 0 Å². The molecule has 0 aliphatic carbocycles. The molecule has 1 aromatic carbocycles. The highest BCUT2D eigenvalue weighted by Crippen LogP contribution is 2.19. The number of carbonyl (C=O) groups excluding carboxylic acids is 1. The zero-order valence-electron chi connectivity index (χ0n) is 10.1. The number of urea groups is 1. The maximum absolute atomic E-state index is 11.5. The Morgan fingerprint density at radius 3 is 2.44 bits per heavy atom. The van der Waals surface area contributed by atoms with Crippen LogP contribution in [0.25, 0.3) is 0 Å². The fourth-order valence-electron chi connectivity index (χ4n) is 1.64. The topological polar surface area (TPSA) is 83.6 Å². The molecule has 0 aliphatic heterocycles. The van der Waals surface area contributed by atoms with Crippen LogP contribution in [0.1, 0.15) is 6.42 Å². The molecule has 5 nitrogen and oxygen atoms in total. The lowest BCUT2D eigenvalue weighted by Gasteiger charge is -2.27. The van der Waals surface area contributed by atoms with Gasteiger partial charge in [-0.15, -0.1) is 0 Å². The summed E-state index contributed by atoms with van der Waals surface area (Å²) >= 11 is 1.53. The summed E-state index contributed by atoms with van der Waals surface area (Å²) in [5.41, 5.74) is 5.79. The number of carboxylic acids is 1. The molecule has 0 saturated carbocycles. The van der Waals surface area contributed by atoms with Gasteiger partial charge in [0.2, 0.25) is 0 Å². The Kier molecular flexibility index (Phi) is 5.51. The molecule has 3 N–H and O–H groups in total. The van der Waals surface area contributed by atoms with E-state index in [-0.39, 0.29) is 0 Å². The Hall–Kier alpha value is -1.69. The maximum Gasteiger partial charge on any atom is 0.326 e. The molecule has 1 aromatic rings. The zero-order chi connectivity index (χ0) is 13.5. The molecule has 0 bridgehead atoms. The quantitative estimate of drug-likeness (QED) is 0.823. The minimum atomic E-state index is -1.05. The van der Waals surface area contributed by atoms with Crippen molar-refractivity contribution in [2.45, 2.75) is 12.5 Å². The number of benzene rings is 1. The van der Waals surface area contributed by atoms with Crippen LogP contribution < -0.4 is 10.6 Å². The summed E-state index contributed by atoms with van der Waals surface area (Å²) in [6.45, 7) is 0. The highest BCUT2D eigenvalue weighted by Gasteiger charge is 2.29. The van der Waals surface area contributed by atoms with Crippen LogP contribution in [0.4, 0.5) is 10.5 Å². The first-order valence-electron chi connectivity index (χ1n) is 5.43. The first-order chi connectivity index (χ1) is 8.57. The second-order valence-corrected chi connectivity index (χ2v) is 4.66. The molecule has 0 heterocycles. The SMILES string of the molecule is CSCC[C@@H](C(=O)O)N(C(N)=O)c1ccccc1. The van der Waals surface area contributed by atoms with Gasteiger partial charge in [0, 0.05) is 5.69 Å². The number of carboxylic acid groups (broad SMARTS) is 1. The van der Waals surface area contributed by atoms with Crippen LogP contribution in [0.3, 0.4) is 0 Å². The number of hydrogen-bond donors (Lipinski definition) is 2. The molecule has 0 radical (unpaired) electrons. The molecular formula is C12H16N2O3S. The molecule has 18 heavy (non-hydrogen) atoms. The third-order valence-electron chi connectivity index (χ3n) is 2.46. The van der Waals surface area contributed by atoms with Gasteiger partial charge in [0.05, 0.1) is 0 Å². The molecule has 1 atom stereocenters. The number of aliphatic carboxylic acids is 1. The summed E-state index contributed by atoms with van der Waals surface area (Å²) in [6, 6.07) is 6.91. The number of para-hydroxylation sites is 1. The van der Waals surface area contributed by atoms with Crippen molar-refractivity contribution in [1.29, 1.82) is 0 Å². The number of anilines is 1. The lowest BCUT2D eigenvalue weighted by molar-refractivity contribution is -0.138. The first kappa shape index (κ1) is 14.4. The Labute approximate surface area is 110 Å². The highest BCUT2D eigenvalue weighted by molar-refractivity contribution is 7.98. The summed E-state index contributed by atoms with van der Waals surface area (Å²) < 4.78 is 0. The largest absolute Gasteiger partial charge is 0.480 e. The molecule has 0 fully saturated rings. The van der Waals surface area contributed by atoms with Crippen LogP contribution in [0.15, 0.2) is 30.3 Å². The number of rotatable bonds is 6. The van der Waals surface area contributed by atoms with E-state index in [9.17, 15) is 14.7 Å². The van der Waals surface area contributed by atoms with E-state index < -0.39 is 18.0 Å². The molecule has 0 spiro atoms. The van der Waals surface area contributed by atoms with E-state index in [4.69, 9.17) is 5.73 Å². The van der Waals surface area contributed by atoms with Gasteiger partial charge in [-0.3, -0.25) is 4.90 Å². The average molecular weight is 268 g/mol. The highest BCUT2D eigenvalue weighted by atomic mass is 32.2. The minimum Gasteiger partial charge on any atom is -0.480 e. The van der Waals surface area contributed by atoms with Gasteiger partial charge in [0.15, 0.2) is 0 Å². The smallest absolute Gasteiger partial charge is 0.326 e. The standard InChI is InChI=1S/C12H16N2O3S/c1-18-8-7-10(11(15)16)14(12(13)17)9-5-3-2-4-6-9/h2-6,10H,7-8H2,1H3,(H2,13,17)(H,15,16)/t10-/m0/s1. The summed E-state index contributed by atoms with van der Waals surface area (Å²) in [7, 11) is 0. The summed E-state index contributed by atoms with van der Waals surface area (Å²) in [4.78, 5) is 23.9. The fourth-order valence-corrected chi connectivity index (χ4v) is 2.10. The number of carbonyl (C=O) groups is 2. The predicted octanol–water partition coefficient (Wildman–Crippen LogP) is 1.78. The van der Waals surface area contributed by atoms with Gasteiger partial charge in [-0.2, -0.15) is 11.8 Å². The number of thioether (sulfide) groups is 1. The van der Waals surface area contributed by atoms with Crippen LogP contribution in [0, 0.1) is 0 Å². The molecule has 2 amide bonds. The molecule has 98 valence electrons. The van der Waals surface area contributed by atoms with Gasteiger partial charge in [0.25, 0.3) is 0 Å². The van der Waals surface area contributed by atoms with Gasteiger partial charge in [-0.1, -0.05) is 18.2 Å². The normalized spacial score (nSPS) is 11.8. The third-order valence-corrected chi connectivity index (χ3v) is 3.11. The van der Waals surface area contributed by atoms with Gasteiger partial charge < -0.3 is 10.8 Å². The van der Waals surface area contributed by atoms with Crippen LogP contribution in [0.2, 0.25) is 0 Å². The Balaban J connectivity index is 3.01. The second kappa shape index (κ2) is 6.90. The van der Waals surface area contributed by atoms with Crippen LogP contribution >= 0.6 is 11.8 Å². The van der Waals surface area contributed by atoms with Gasteiger partial charge in [-0.05, 0) is 30.6 Å². The molecule has 0 aliphatic rings. The summed E-state index contributed by atoms with van der Waals surface area (Å²) in [6.07, 6.45) is 2.24. The zero-order valence-corrected chi connectivity index (χ0v) is 10.9. The van der Waals surface area contributed by atoms with Crippen molar-refractivity contribution in [3.05, 3.63) is 30.3 Å². The molecule has 0 aromatic heterocycles. The fraction of sp³-hybridized carbons (Fsp3) is 0.333. The van der Waals surface area contributed by atoms with E-state index in [2.05, 4.69) is 0 Å². The van der Waals surface area contributed by atoms with Gasteiger partial charge in [-0.25, -0.2) is 9.59 Å². The van der Waals surface area contributed by atoms with E-state index >= 15 is 0 Å². The second-order valence-electron chi connectivity index (χ2n) is 3.68. The van der Waals surface area contributed by atoms with Crippen LogP contribution in [-0.2, 0) is 4.79 Å². The summed E-state index contributed by atoms with van der Waals surface area (Å²) in [5, 5.41) is 9.22. The van der Waals surface area contributed by atoms with E-state index in [0.29, 0.717) is 17.9 Å². The maximum atomic E-state index is 11.5. The summed E-state index contributed by atoms with van der Waals surface area (Å²) in [5.74, 6) is -0.403. The average Bonchev–Trinajstić information content (AvgIpc) is 2.34. The Bertz CT molecular complexity index is 411. The van der Waals surface area contributed by atoms with Crippen molar-refractivity contribution in [2.75, 3.05) is 16.9 Å². The number of amides is 2. The molecular weight excluding hydrogens is 252 g/mol. The lowest BCUT2D eigenvalue weighted by Crippen LogP contribution is -2.48.